The quantitative estimate of drug-likeness (QED) is 0.100. The minimum Gasteiger partial charge on any atom is -0.311 e. The molecule has 0 bridgehead atoms. The first-order valence-corrected chi connectivity index (χ1v) is 41.1. The first kappa shape index (κ1) is 71.6. The van der Waals surface area contributed by atoms with Gasteiger partial charge in [0.2, 0.25) is 0 Å². The van der Waals surface area contributed by atoms with Gasteiger partial charge in [-0.15, -0.1) is 0 Å². The van der Waals surface area contributed by atoms with E-state index >= 15 is 0 Å². The Morgan fingerprint density at radius 1 is 0.257 bits per heavy atom. The molecule has 15 aromatic carbocycles. The summed E-state index contributed by atoms with van der Waals surface area (Å²) < 4.78 is 6.23. The highest BCUT2D eigenvalue weighted by atomic mass is 127. The van der Waals surface area contributed by atoms with Gasteiger partial charge in [-0.05, 0) is 243 Å². The maximum atomic E-state index is 2.73. The van der Waals surface area contributed by atoms with Gasteiger partial charge in [0.15, 0.2) is 0 Å². The number of anilines is 6. The van der Waals surface area contributed by atoms with E-state index in [2.05, 4.69) is 453 Å². The summed E-state index contributed by atoms with van der Waals surface area (Å²) in [6.07, 6.45) is 0. The van der Waals surface area contributed by atoms with Crippen molar-refractivity contribution in [3.63, 3.8) is 0 Å². The molecule has 0 N–H and O–H groups in total. The molecule has 0 fully saturated rings. The SMILES string of the molecule is Cc1ccc2c(c1)c1ccccc1n2-c1ccc2c(c1)N(c1ccccc1-c1cccc(-c3ccc(C(C)(C)C)cc3)c1)c1cc(C(C)(C)C)cc3c1B2c1ccc(-n2c4ccccc4c4cc(I)ccc42)cc1N3c1c(-c2cccc(-c3ccc(C(C)(C)C)cc3)c2)cccc1-c1cccc(-c2ccc(C(C)(C)C)cc2)c1. The van der Waals surface area contributed by atoms with Crippen LogP contribution in [0.3, 0.4) is 0 Å². The molecule has 4 nitrogen and oxygen atoms in total. The summed E-state index contributed by atoms with van der Waals surface area (Å²) in [5.41, 5.74) is 37.4. The lowest BCUT2D eigenvalue weighted by Crippen LogP contribution is -2.61. The fourth-order valence-corrected chi connectivity index (χ4v) is 18.5. The van der Waals surface area contributed by atoms with Crippen LogP contribution in [0, 0.1) is 10.5 Å². The zero-order valence-corrected chi connectivity index (χ0v) is 69.0. The van der Waals surface area contributed by atoms with Crippen molar-refractivity contribution in [3.8, 4) is 78.1 Å². The van der Waals surface area contributed by atoms with Crippen molar-refractivity contribution in [2.45, 2.75) is 112 Å². The molecule has 0 radical (unpaired) electrons. The summed E-state index contributed by atoms with van der Waals surface area (Å²) in [7, 11) is 0. The van der Waals surface area contributed by atoms with E-state index in [0.29, 0.717) is 0 Å². The number of nitrogens with zero attached hydrogens (tertiary/aromatic N) is 4. The highest BCUT2D eigenvalue weighted by molar-refractivity contribution is 14.1. The van der Waals surface area contributed by atoms with Crippen molar-refractivity contribution in [3.05, 3.63) is 353 Å². The largest absolute Gasteiger partial charge is 0.311 e. The third-order valence-corrected chi connectivity index (χ3v) is 24.7. The van der Waals surface area contributed by atoms with Gasteiger partial charge < -0.3 is 18.9 Å². The molecule has 2 aliphatic rings. The summed E-state index contributed by atoms with van der Waals surface area (Å²) in [5, 5.41) is 4.95. The van der Waals surface area contributed by atoms with Gasteiger partial charge in [0, 0.05) is 75.9 Å². The molecule has 6 heteroatoms. The Hall–Kier alpha value is -11.7. The van der Waals surface area contributed by atoms with Gasteiger partial charge >= 0.3 is 0 Å². The summed E-state index contributed by atoms with van der Waals surface area (Å²) in [4.78, 5) is 5.41. The monoisotopic (exact) mass is 1570 g/mol. The third-order valence-electron chi connectivity index (χ3n) is 24.1. The zero-order chi connectivity index (χ0) is 77.7. The maximum Gasteiger partial charge on any atom is 0.252 e. The molecular formula is C107H92BIN4. The second-order valence-electron chi connectivity index (χ2n) is 35.6. The summed E-state index contributed by atoms with van der Waals surface area (Å²) in [6.45, 7) is 29.8. The summed E-state index contributed by atoms with van der Waals surface area (Å²) >= 11 is 2.49. The average Bonchev–Trinajstić information content (AvgIpc) is 0.765. The van der Waals surface area contributed by atoms with E-state index in [1.807, 2.05) is 0 Å². The van der Waals surface area contributed by atoms with Crippen molar-refractivity contribution in [2.75, 3.05) is 9.80 Å². The van der Waals surface area contributed by atoms with Crippen molar-refractivity contribution in [1.29, 1.82) is 0 Å². The number of aromatic nitrogens is 2. The molecule has 4 heterocycles. The van der Waals surface area contributed by atoms with Gasteiger partial charge in [0.25, 0.3) is 6.71 Å². The Morgan fingerprint density at radius 3 is 1.12 bits per heavy atom. The molecule has 0 saturated heterocycles. The Kier molecular flexibility index (Phi) is 17.1. The van der Waals surface area contributed by atoms with Crippen LogP contribution in [0.5, 0.6) is 0 Å². The molecule has 113 heavy (non-hydrogen) atoms. The maximum absolute atomic E-state index is 2.73. The number of aryl methyl sites for hydroxylation is 1. The average molecular weight is 1570 g/mol. The van der Waals surface area contributed by atoms with Crippen LogP contribution in [0.15, 0.2) is 322 Å². The third kappa shape index (κ3) is 12.4. The molecule has 0 spiro atoms. The van der Waals surface area contributed by atoms with Crippen molar-refractivity contribution in [2.24, 2.45) is 0 Å². The highest BCUT2D eigenvalue weighted by Crippen LogP contribution is 2.54. The van der Waals surface area contributed by atoms with Crippen LogP contribution in [0.1, 0.15) is 111 Å². The molecule has 2 aliphatic heterocycles. The van der Waals surface area contributed by atoms with E-state index in [4.69, 9.17) is 0 Å². The van der Waals surface area contributed by atoms with Crippen LogP contribution in [-0.2, 0) is 21.7 Å². The Morgan fingerprint density at radius 2 is 0.637 bits per heavy atom. The predicted octanol–water partition coefficient (Wildman–Crippen LogP) is 28.1. The van der Waals surface area contributed by atoms with Gasteiger partial charge in [0.05, 0.1) is 33.4 Å². The predicted molar refractivity (Wildman–Crippen MR) is 494 cm³/mol. The van der Waals surface area contributed by atoms with Crippen LogP contribution in [0.4, 0.5) is 34.1 Å². The highest BCUT2D eigenvalue weighted by Gasteiger charge is 2.46. The summed E-state index contributed by atoms with van der Waals surface area (Å²) in [6, 6.07) is 124. The molecule has 0 atom stereocenters. The van der Waals surface area contributed by atoms with Gasteiger partial charge in [-0.1, -0.05) is 307 Å². The van der Waals surface area contributed by atoms with E-state index in [1.54, 1.807) is 0 Å². The molecule has 0 amide bonds. The standard InChI is InChI=1S/C107H92BIN4/c1-67-38-56-96-89(58-67)87-31-15-18-36-94(87)110(96)82-52-54-91-98(65-82)112(93-35-17-14-30-84(93)74-27-20-24-71(59-74)68-39-45-77(46-40-68)104(2,3)4)100-62-80(107(11,12)13)63-101-102(100)108(91)92-55-53-83(111-95-37-19-16-32-88(95)90-64-81(109)51-57-97(90)111)66-99(92)113(101)103-85(75-28-21-25-72(60-75)69-41-47-78(48-42-69)105(5,6)7)33-23-34-86(103)76-29-22-26-73(61-76)70-43-49-79(50-44-70)106(8,9)10/h14-66H,1-13H3. The van der Waals surface area contributed by atoms with Gasteiger partial charge in [-0.2, -0.15) is 0 Å². The van der Waals surface area contributed by atoms with Gasteiger partial charge in [-0.3, -0.25) is 0 Å². The zero-order valence-electron chi connectivity index (χ0n) is 66.8. The van der Waals surface area contributed by atoms with Gasteiger partial charge in [0.1, 0.15) is 0 Å². The normalized spacial score (nSPS) is 13.0. The lowest BCUT2D eigenvalue weighted by Gasteiger charge is -2.46. The molecule has 2 aromatic heterocycles. The van der Waals surface area contributed by atoms with Crippen LogP contribution in [0.25, 0.3) is 122 Å². The van der Waals surface area contributed by atoms with Crippen LogP contribution in [0.2, 0.25) is 0 Å². The van der Waals surface area contributed by atoms with Crippen molar-refractivity contribution in [1.82, 2.24) is 9.13 Å². The minimum absolute atomic E-state index is 0.0141. The smallest absolute Gasteiger partial charge is 0.252 e. The second-order valence-corrected chi connectivity index (χ2v) is 36.8. The van der Waals surface area contributed by atoms with Crippen molar-refractivity contribution < 1.29 is 0 Å². The van der Waals surface area contributed by atoms with E-state index in [1.165, 1.54) is 125 Å². The van der Waals surface area contributed by atoms with Crippen molar-refractivity contribution >= 4 is 123 Å². The molecule has 0 unspecified atom stereocenters. The lowest BCUT2D eigenvalue weighted by atomic mass is 9.33. The number of halogens is 1. The Bertz CT molecular complexity index is 6560. The lowest BCUT2D eigenvalue weighted by molar-refractivity contribution is 0.590. The molecule has 0 saturated carbocycles. The van der Waals surface area contributed by atoms with Crippen LogP contribution in [-0.4, -0.2) is 15.8 Å². The number of benzene rings is 15. The first-order chi connectivity index (χ1) is 54.4. The second kappa shape index (κ2) is 27.0. The number of rotatable bonds is 10. The van der Waals surface area contributed by atoms with Gasteiger partial charge in [-0.25, -0.2) is 0 Å². The number of hydrogen-bond acceptors (Lipinski definition) is 2. The number of para-hydroxylation sites is 4. The molecular weight excluding hydrogens is 1480 g/mol. The van der Waals surface area contributed by atoms with Crippen LogP contribution < -0.4 is 26.2 Å². The van der Waals surface area contributed by atoms with E-state index in [9.17, 15) is 0 Å². The number of fused-ring (bicyclic) bond motifs is 10. The van der Waals surface area contributed by atoms with E-state index < -0.39 is 0 Å². The molecule has 19 rings (SSSR count). The number of hydrogen-bond donors (Lipinski definition) is 0. The Labute approximate surface area is 679 Å². The Balaban J connectivity index is 0.930. The minimum atomic E-state index is -0.337. The fourth-order valence-electron chi connectivity index (χ4n) is 18.0. The topological polar surface area (TPSA) is 16.3 Å². The van der Waals surface area contributed by atoms with E-state index in [-0.39, 0.29) is 28.4 Å². The molecule has 550 valence electrons. The van der Waals surface area contributed by atoms with Crippen LogP contribution >= 0.6 is 22.6 Å². The fraction of sp³-hybridized carbons (Fsp3) is 0.159. The molecule has 0 aliphatic carbocycles. The van der Waals surface area contributed by atoms with E-state index in [0.717, 1.165) is 78.9 Å². The molecule has 17 aromatic rings. The summed E-state index contributed by atoms with van der Waals surface area (Å²) in [5.74, 6) is 0. The first-order valence-electron chi connectivity index (χ1n) is 40.0.